The smallest absolute Gasteiger partial charge is 0.207 e. The molecule has 1 aliphatic rings. The summed E-state index contributed by atoms with van der Waals surface area (Å²) in [4.78, 5) is 0.355. The maximum absolute atomic E-state index is 12.8. The van der Waals surface area contributed by atoms with Crippen molar-refractivity contribution >= 4 is 41.9 Å². The Morgan fingerprint density at radius 2 is 1.90 bits per heavy atom. The average Bonchev–Trinajstić information content (AvgIpc) is 2.64. The number of hydrogen-bond acceptors (Lipinski definition) is 2. The van der Waals surface area contributed by atoms with E-state index in [2.05, 4.69) is 45.7 Å². The van der Waals surface area contributed by atoms with Gasteiger partial charge in [-0.1, -0.05) is 29.8 Å². The fraction of sp³-hybridized carbons (Fsp3) is 0.600. The molecule has 0 N–H and O–H groups in total. The highest BCUT2D eigenvalue weighted by atomic mass is 79.9. The summed E-state index contributed by atoms with van der Waals surface area (Å²) in [6.07, 6.45) is 3.01. The zero-order valence-electron chi connectivity index (χ0n) is 12.4. The van der Waals surface area contributed by atoms with Crippen LogP contribution in [0.5, 0.6) is 0 Å². The van der Waals surface area contributed by atoms with Crippen molar-refractivity contribution in [2.45, 2.75) is 38.0 Å². The van der Waals surface area contributed by atoms with Crippen molar-refractivity contribution in [3.63, 3.8) is 0 Å². The maximum Gasteiger partial charge on any atom is 0.244 e. The Morgan fingerprint density at radius 3 is 2.52 bits per heavy atom. The lowest BCUT2D eigenvalue weighted by Crippen LogP contribution is -2.32. The molecule has 21 heavy (non-hydrogen) atoms. The van der Waals surface area contributed by atoms with Gasteiger partial charge in [0.15, 0.2) is 0 Å². The molecule has 0 saturated carbocycles. The molecule has 0 aromatic heterocycles. The molecule has 0 amide bonds. The first-order valence-corrected chi connectivity index (χ1v) is 10.3. The quantitative estimate of drug-likeness (QED) is 0.688. The molecule has 1 fully saturated rings. The molecule has 0 spiro atoms. The van der Waals surface area contributed by atoms with E-state index in [1.165, 1.54) is 0 Å². The largest absolute Gasteiger partial charge is 0.244 e. The van der Waals surface area contributed by atoms with Gasteiger partial charge in [-0.2, -0.15) is 4.31 Å². The Bertz CT molecular complexity index is 602. The van der Waals surface area contributed by atoms with E-state index in [-0.39, 0.29) is 0 Å². The molecular weight excluding hydrogens is 418 g/mol. The van der Waals surface area contributed by atoms with E-state index in [9.17, 15) is 8.42 Å². The van der Waals surface area contributed by atoms with Crippen LogP contribution in [0, 0.1) is 11.8 Å². The van der Waals surface area contributed by atoms with Crippen LogP contribution in [0.3, 0.4) is 0 Å². The van der Waals surface area contributed by atoms with E-state index < -0.39 is 10.0 Å². The van der Waals surface area contributed by atoms with Gasteiger partial charge in [0.1, 0.15) is 0 Å². The van der Waals surface area contributed by atoms with E-state index in [1.54, 1.807) is 22.5 Å². The molecular formula is C15H21Br2NO2S. The number of nitrogens with zero attached hydrogens (tertiary/aromatic N) is 1. The SMILES string of the molecule is CC(C)C1CCCN(S(=O)(=O)c2ccc(Br)cc2Br)CC1. The summed E-state index contributed by atoms with van der Waals surface area (Å²) in [7, 11) is -3.42. The molecule has 0 radical (unpaired) electrons. The van der Waals surface area contributed by atoms with Crippen molar-refractivity contribution in [3.05, 3.63) is 27.1 Å². The van der Waals surface area contributed by atoms with E-state index in [0.29, 0.717) is 34.3 Å². The molecule has 3 nitrogen and oxygen atoms in total. The van der Waals surface area contributed by atoms with Crippen molar-refractivity contribution in [3.8, 4) is 0 Å². The number of halogens is 2. The standard InChI is InChI=1S/C15H21Br2NO2S/c1-11(2)12-4-3-8-18(9-7-12)21(19,20)15-6-5-13(16)10-14(15)17/h5-6,10-12H,3-4,7-9H2,1-2H3. The lowest BCUT2D eigenvalue weighted by Gasteiger charge is -2.22. The molecule has 1 aliphatic heterocycles. The minimum Gasteiger partial charge on any atom is -0.207 e. The van der Waals surface area contributed by atoms with Crippen molar-refractivity contribution in [2.24, 2.45) is 11.8 Å². The molecule has 1 unspecified atom stereocenters. The van der Waals surface area contributed by atoms with E-state index in [4.69, 9.17) is 0 Å². The van der Waals surface area contributed by atoms with Gasteiger partial charge in [0.05, 0.1) is 4.90 Å². The summed E-state index contributed by atoms with van der Waals surface area (Å²) in [6.45, 7) is 5.68. The van der Waals surface area contributed by atoms with Gasteiger partial charge < -0.3 is 0 Å². The Kier molecular flexibility index (Phi) is 5.91. The van der Waals surface area contributed by atoms with Crippen molar-refractivity contribution in [1.29, 1.82) is 0 Å². The highest BCUT2D eigenvalue weighted by Crippen LogP contribution is 2.31. The summed E-state index contributed by atoms with van der Waals surface area (Å²) < 4.78 is 28.8. The van der Waals surface area contributed by atoms with Gasteiger partial charge in [-0.3, -0.25) is 0 Å². The maximum atomic E-state index is 12.8. The molecule has 0 bridgehead atoms. The second-order valence-electron chi connectivity index (χ2n) is 5.91. The van der Waals surface area contributed by atoms with Gasteiger partial charge in [-0.25, -0.2) is 8.42 Å². The molecule has 1 atom stereocenters. The van der Waals surface area contributed by atoms with E-state index >= 15 is 0 Å². The molecule has 1 aromatic carbocycles. The van der Waals surface area contributed by atoms with E-state index in [1.807, 2.05) is 0 Å². The summed E-state index contributed by atoms with van der Waals surface area (Å²) in [5.41, 5.74) is 0. The number of benzene rings is 1. The van der Waals surface area contributed by atoms with Gasteiger partial charge >= 0.3 is 0 Å². The van der Waals surface area contributed by atoms with Crippen molar-refractivity contribution < 1.29 is 8.42 Å². The van der Waals surface area contributed by atoms with Gasteiger partial charge in [0.25, 0.3) is 0 Å². The molecule has 2 rings (SSSR count). The third-order valence-corrected chi connectivity index (χ3v) is 7.55. The number of rotatable bonds is 3. The van der Waals surface area contributed by atoms with Gasteiger partial charge in [0, 0.05) is 22.0 Å². The third kappa shape index (κ3) is 4.09. The Morgan fingerprint density at radius 1 is 1.19 bits per heavy atom. The predicted octanol–water partition coefficient (Wildman–Crippen LogP) is 4.66. The average molecular weight is 439 g/mol. The highest BCUT2D eigenvalue weighted by Gasteiger charge is 2.29. The topological polar surface area (TPSA) is 37.4 Å². The Labute approximate surface area is 144 Å². The Balaban J connectivity index is 2.23. The second kappa shape index (κ2) is 7.11. The van der Waals surface area contributed by atoms with Crippen LogP contribution in [0.15, 0.2) is 32.0 Å². The van der Waals surface area contributed by atoms with Gasteiger partial charge in [-0.05, 0) is 65.2 Å². The second-order valence-corrected chi connectivity index (χ2v) is 9.59. The first-order chi connectivity index (χ1) is 9.82. The van der Waals surface area contributed by atoms with Crippen molar-refractivity contribution in [1.82, 2.24) is 4.31 Å². The predicted molar refractivity (Wildman–Crippen MR) is 92.8 cm³/mol. The molecule has 118 valence electrons. The van der Waals surface area contributed by atoms with Crippen LogP contribution < -0.4 is 0 Å². The molecule has 6 heteroatoms. The van der Waals surface area contributed by atoms with Gasteiger partial charge in [0.2, 0.25) is 10.0 Å². The van der Waals surface area contributed by atoms with Crippen LogP contribution in [-0.2, 0) is 10.0 Å². The lowest BCUT2D eigenvalue weighted by atomic mass is 9.89. The zero-order chi connectivity index (χ0) is 15.6. The number of hydrogen-bond donors (Lipinski definition) is 0. The summed E-state index contributed by atoms with van der Waals surface area (Å²) in [5, 5.41) is 0. The van der Waals surface area contributed by atoms with Gasteiger partial charge in [-0.15, -0.1) is 0 Å². The zero-order valence-corrected chi connectivity index (χ0v) is 16.3. The first kappa shape index (κ1) is 17.4. The summed E-state index contributed by atoms with van der Waals surface area (Å²) in [5.74, 6) is 1.24. The third-order valence-electron chi connectivity index (χ3n) is 4.19. The molecule has 1 heterocycles. The normalized spacial score (nSPS) is 21.5. The van der Waals surface area contributed by atoms with Crippen LogP contribution in [-0.4, -0.2) is 25.8 Å². The Hall–Kier alpha value is 0.0900. The minimum atomic E-state index is -3.42. The summed E-state index contributed by atoms with van der Waals surface area (Å²) >= 11 is 6.73. The molecule has 0 aliphatic carbocycles. The van der Waals surface area contributed by atoms with Crippen LogP contribution in [0.2, 0.25) is 0 Å². The van der Waals surface area contributed by atoms with Crippen LogP contribution in [0.1, 0.15) is 33.1 Å². The highest BCUT2D eigenvalue weighted by molar-refractivity contribution is 9.11. The molecule has 1 aromatic rings. The van der Waals surface area contributed by atoms with E-state index in [0.717, 1.165) is 23.7 Å². The fourth-order valence-electron chi connectivity index (χ4n) is 2.83. The van der Waals surface area contributed by atoms with Crippen LogP contribution >= 0.6 is 31.9 Å². The van der Waals surface area contributed by atoms with Crippen LogP contribution in [0.4, 0.5) is 0 Å². The van der Waals surface area contributed by atoms with Crippen LogP contribution in [0.25, 0.3) is 0 Å². The summed E-state index contributed by atoms with van der Waals surface area (Å²) in [6, 6.07) is 5.21. The molecule has 1 saturated heterocycles. The lowest BCUT2D eigenvalue weighted by molar-refractivity contribution is 0.340. The minimum absolute atomic E-state index is 0.355. The van der Waals surface area contributed by atoms with Crippen molar-refractivity contribution in [2.75, 3.05) is 13.1 Å². The monoisotopic (exact) mass is 437 g/mol. The first-order valence-electron chi connectivity index (χ1n) is 7.27. The fourth-order valence-corrected chi connectivity index (χ4v) is 6.03. The number of sulfonamides is 1.